The van der Waals surface area contributed by atoms with Crippen molar-refractivity contribution in [2.75, 3.05) is 0 Å². The fraction of sp³-hybridized carbons (Fsp3) is 0.125. The molecule has 0 saturated heterocycles. The number of fused-ring (bicyclic) bond motifs is 1. The molecule has 0 fully saturated rings. The van der Waals surface area contributed by atoms with Gasteiger partial charge in [0, 0.05) is 23.0 Å². The number of benzene rings is 2. The highest BCUT2D eigenvalue weighted by Gasteiger charge is 2.07. The van der Waals surface area contributed by atoms with Crippen LogP contribution in [0.2, 0.25) is 0 Å². The van der Waals surface area contributed by atoms with Gasteiger partial charge in [0.2, 0.25) is 0 Å². The first-order chi connectivity index (χ1) is 9.74. The van der Waals surface area contributed by atoms with Crippen molar-refractivity contribution in [3.05, 3.63) is 64.9 Å². The Morgan fingerprint density at radius 3 is 2.65 bits per heavy atom. The third-order valence-corrected chi connectivity index (χ3v) is 3.80. The van der Waals surface area contributed by atoms with Gasteiger partial charge in [-0.25, -0.2) is 4.98 Å². The van der Waals surface area contributed by atoms with Gasteiger partial charge < -0.3 is 4.57 Å². The molecule has 0 N–H and O–H groups in total. The normalized spacial score (nSPS) is 10.8. The number of carbonyl (C=O) groups excluding carboxylic acids is 1. The zero-order chi connectivity index (χ0) is 13.9. The van der Waals surface area contributed by atoms with Gasteiger partial charge in [-0.05, 0) is 24.3 Å². The van der Waals surface area contributed by atoms with E-state index in [1.165, 1.54) is 0 Å². The molecule has 0 bridgehead atoms. The zero-order valence-corrected chi connectivity index (χ0v) is 12.4. The van der Waals surface area contributed by atoms with Crippen LogP contribution in [-0.2, 0) is 6.54 Å². The first-order valence-corrected chi connectivity index (χ1v) is 7.22. The fourth-order valence-corrected chi connectivity index (χ4v) is 2.45. The molecule has 20 heavy (non-hydrogen) atoms. The highest BCUT2D eigenvalue weighted by atomic mass is 79.9. The molecule has 0 saturated carbocycles. The second kappa shape index (κ2) is 5.59. The number of halogens is 1. The molecule has 100 valence electrons. The summed E-state index contributed by atoms with van der Waals surface area (Å²) in [6, 6.07) is 15.4. The minimum atomic E-state index is 0.148. The lowest BCUT2D eigenvalue weighted by Gasteiger charge is -2.04. The summed E-state index contributed by atoms with van der Waals surface area (Å²) in [4.78, 5) is 16.5. The van der Waals surface area contributed by atoms with Gasteiger partial charge in [0.1, 0.15) is 0 Å². The van der Waals surface area contributed by atoms with Gasteiger partial charge in [-0.2, -0.15) is 0 Å². The third-order valence-electron chi connectivity index (χ3n) is 3.27. The lowest BCUT2D eigenvalue weighted by Crippen LogP contribution is -2.05. The van der Waals surface area contributed by atoms with Crippen LogP contribution in [0.25, 0.3) is 11.0 Å². The highest BCUT2D eigenvalue weighted by molar-refractivity contribution is 9.10. The van der Waals surface area contributed by atoms with Crippen molar-refractivity contribution >= 4 is 32.7 Å². The van der Waals surface area contributed by atoms with Crippen molar-refractivity contribution in [1.29, 1.82) is 0 Å². The number of Topliss-reactive ketones (excluding diaryl/α,β-unsaturated/α-hetero) is 1. The Balaban J connectivity index is 1.73. The molecule has 3 nitrogen and oxygen atoms in total. The van der Waals surface area contributed by atoms with Crippen LogP contribution >= 0.6 is 15.9 Å². The van der Waals surface area contributed by atoms with Crippen LogP contribution in [-0.4, -0.2) is 15.3 Å². The number of nitrogens with zero attached hydrogens (tertiary/aromatic N) is 2. The van der Waals surface area contributed by atoms with Crippen LogP contribution < -0.4 is 0 Å². The molecule has 0 atom stereocenters. The average molecular weight is 329 g/mol. The van der Waals surface area contributed by atoms with E-state index in [2.05, 4.69) is 20.9 Å². The molecule has 0 radical (unpaired) electrons. The number of hydrogen-bond acceptors (Lipinski definition) is 2. The Bertz CT molecular complexity index is 747. The molecule has 0 aliphatic heterocycles. The fourth-order valence-electron chi connectivity index (χ4n) is 2.19. The van der Waals surface area contributed by atoms with E-state index in [1.54, 1.807) is 6.33 Å². The van der Waals surface area contributed by atoms with Crippen LogP contribution in [0.3, 0.4) is 0 Å². The van der Waals surface area contributed by atoms with Crippen molar-refractivity contribution in [3.63, 3.8) is 0 Å². The summed E-state index contributed by atoms with van der Waals surface area (Å²) in [5.41, 5.74) is 2.78. The van der Waals surface area contributed by atoms with Crippen molar-refractivity contribution < 1.29 is 4.79 Å². The predicted octanol–water partition coefficient (Wildman–Crippen LogP) is 4.07. The Labute approximate surface area is 125 Å². The van der Waals surface area contributed by atoms with Gasteiger partial charge in [-0.3, -0.25) is 4.79 Å². The highest BCUT2D eigenvalue weighted by Crippen LogP contribution is 2.15. The molecular weight excluding hydrogens is 316 g/mol. The van der Waals surface area contributed by atoms with E-state index in [0.717, 1.165) is 21.1 Å². The largest absolute Gasteiger partial charge is 0.330 e. The van der Waals surface area contributed by atoms with Crippen molar-refractivity contribution in [3.8, 4) is 0 Å². The molecule has 0 amide bonds. The molecule has 4 heteroatoms. The van der Waals surface area contributed by atoms with Crippen molar-refractivity contribution in [2.45, 2.75) is 13.0 Å². The number of para-hydroxylation sites is 2. The van der Waals surface area contributed by atoms with Crippen LogP contribution in [0.1, 0.15) is 16.8 Å². The second-order valence-electron chi connectivity index (χ2n) is 4.61. The number of hydrogen-bond donors (Lipinski definition) is 0. The monoisotopic (exact) mass is 328 g/mol. The quantitative estimate of drug-likeness (QED) is 0.676. The molecule has 0 unspecified atom stereocenters. The van der Waals surface area contributed by atoms with Gasteiger partial charge in [0.25, 0.3) is 0 Å². The minimum Gasteiger partial charge on any atom is -0.330 e. The molecule has 3 aromatic rings. The van der Waals surface area contributed by atoms with E-state index < -0.39 is 0 Å². The molecular formula is C16H13BrN2O. The van der Waals surface area contributed by atoms with Crippen LogP contribution in [0.15, 0.2) is 59.3 Å². The number of imidazole rings is 1. The van der Waals surface area contributed by atoms with Gasteiger partial charge in [-0.15, -0.1) is 0 Å². The number of aromatic nitrogens is 2. The van der Waals surface area contributed by atoms with E-state index in [0.29, 0.717) is 13.0 Å². The average Bonchev–Trinajstić information content (AvgIpc) is 2.89. The molecule has 0 aliphatic carbocycles. The topological polar surface area (TPSA) is 34.9 Å². The van der Waals surface area contributed by atoms with Crippen LogP contribution in [0, 0.1) is 0 Å². The van der Waals surface area contributed by atoms with Gasteiger partial charge in [-0.1, -0.05) is 40.2 Å². The maximum Gasteiger partial charge on any atom is 0.164 e. The number of aryl methyl sites for hydroxylation is 1. The van der Waals surface area contributed by atoms with Crippen molar-refractivity contribution in [2.24, 2.45) is 0 Å². The van der Waals surface area contributed by atoms with E-state index in [4.69, 9.17) is 0 Å². The maximum atomic E-state index is 12.1. The summed E-state index contributed by atoms with van der Waals surface area (Å²) in [6.07, 6.45) is 2.27. The summed E-state index contributed by atoms with van der Waals surface area (Å²) in [7, 11) is 0. The predicted molar refractivity (Wildman–Crippen MR) is 82.8 cm³/mol. The Morgan fingerprint density at radius 1 is 1.10 bits per heavy atom. The molecule has 1 aromatic heterocycles. The van der Waals surface area contributed by atoms with E-state index in [9.17, 15) is 4.79 Å². The summed E-state index contributed by atoms with van der Waals surface area (Å²) < 4.78 is 3.00. The lowest BCUT2D eigenvalue weighted by molar-refractivity contribution is 0.0977. The summed E-state index contributed by atoms with van der Waals surface area (Å²) in [5.74, 6) is 0.148. The van der Waals surface area contributed by atoms with Gasteiger partial charge in [0.05, 0.1) is 17.4 Å². The molecule has 3 rings (SSSR count). The zero-order valence-electron chi connectivity index (χ0n) is 10.8. The second-order valence-corrected chi connectivity index (χ2v) is 5.52. The lowest BCUT2D eigenvalue weighted by atomic mass is 10.1. The summed E-state index contributed by atoms with van der Waals surface area (Å²) >= 11 is 3.37. The SMILES string of the molecule is O=C(CCn1cnc2ccccc21)c1ccc(Br)cc1. The Hall–Kier alpha value is -1.94. The molecule has 0 aliphatic rings. The van der Waals surface area contributed by atoms with E-state index in [-0.39, 0.29) is 5.78 Å². The molecule has 0 spiro atoms. The van der Waals surface area contributed by atoms with Crippen molar-refractivity contribution in [1.82, 2.24) is 9.55 Å². The molecule has 1 heterocycles. The smallest absolute Gasteiger partial charge is 0.164 e. The number of carbonyl (C=O) groups is 1. The Kier molecular flexibility index (Phi) is 3.65. The van der Waals surface area contributed by atoms with E-state index >= 15 is 0 Å². The minimum absolute atomic E-state index is 0.148. The van der Waals surface area contributed by atoms with Gasteiger partial charge >= 0.3 is 0 Å². The first-order valence-electron chi connectivity index (χ1n) is 6.43. The summed E-state index contributed by atoms with van der Waals surface area (Å²) in [6.45, 7) is 0.648. The molecule has 2 aromatic carbocycles. The maximum absolute atomic E-state index is 12.1. The number of ketones is 1. The third kappa shape index (κ3) is 2.65. The van der Waals surface area contributed by atoms with Crippen LogP contribution in [0.5, 0.6) is 0 Å². The van der Waals surface area contributed by atoms with E-state index in [1.807, 2.05) is 53.1 Å². The van der Waals surface area contributed by atoms with Crippen LogP contribution in [0.4, 0.5) is 0 Å². The van der Waals surface area contributed by atoms with Gasteiger partial charge in [0.15, 0.2) is 5.78 Å². The standard InChI is InChI=1S/C16H13BrN2O/c17-13-7-5-12(6-8-13)16(20)9-10-19-11-18-14-3-1-2-4-15(14)19/h1-8,11H,9-10H2. The summed E-state index contributed by atoms with van der Waals surface area (Å²) in [5, 5.41) is 0. The Morgan fingerprint density at radius 2 is 1.85 bits per heavy atom. The first kappa shape index (κ1) is 13.1. The number of rotatable bonds is 4.